The van der Waals surface area contributed by atoms with E-state index in [0.29, 0.717) is 11.8 Å². The highest BCUT2D eigenvalue weighted by molar-refractivity contribution is 6.21. The van der Waals surface area contributed by atoms with Gasteiger partial charge in [-0.25, -0.2) is 0 Å². The summed E-state index contributed by atoms with van der Waals surface area (Å²) in [5, 5.41) is 0.179. The van der Waals surface area contributed by atoms with Gasteiger partial charge >= 0.3 is 0 Å². The first-order valence-electron chi connectivity index (χ1n) is 5.34. The van der Waals surface area contributed by atoms with Crippen LogP contribution in [-0.2, 0) is 0 Å². The standard InChI is InChI=1S/C13H19ClO/c1-9(2)13(14)10(3)11-5-7-12(15-4)8-6-11/h5-10,13H,1-4H3. The molecule has 2 heteroatoms. The Bertz CT molecular complexity index is 292. The van der Waals surface area contributed by atoms with Gasteiger partial charge in [-0.1, -0.05) is 32.9 Å². The van der Waals surface area contributed by atoms with Gasteiger partial charge in [0, 0.05) is 5.38 Å². The lowest BCUT2D eigenvalue weighted by atomic mass is 9.91. The molecule has 0 heterocycles. The quantitative estimate of drug-likeness (QED) is 0.704. The zero-order valence-electron chi connectivity index (χ0n) is 9.83. The summed E-state index contributed by atoms with van der Waals surface area (Å²) in [7, 11) is 1.68. The van der Waals surface area contributed by atoms with Crippen LogP contribution in [0, 0.1) is 5.92 Å². The Morgan fingerprint density at radius 2 is 1.60 bits per heavy atom. The van der Waals surface area contributed by atoms with Gasteiger partial charge in [0.15, 0.2) is 0 Å². The molecule has 0 aliphatic rings. The van der Waals surface area contributed by atoms with Gasteiger partial charge in [-0.2, -0.15) is 0 Å². The summed E-state index contributed by atoms with van der Waals surface area (Å²) in [4.78, 5) is 0. The molecule has 1 rings (SSSR count). The number of methoxy groups -OCH3 is 1. The lowest BCUT2D eigenvalue weighted by molar-refractivity contribution is 0.414. The molecule has 0 saturated heterocycles. The third kappa shape index (κ3) is 3.13. The van der Waals surface area contributed by atoms with Gasteiger partial charge in [-0.3, -0.25) is 0 Å². The minimum atomic E-state index is 0.179. The monoisotopic (exact) mass is 226 g/mol. The van der Waals surface area contributed by atoms with Crippen molar-refractivity contribution in [2.45, 2.75) is 32.1 Å². The van der Waals surface area contributed by atoms with Crippen LogP contribution in [0.5, 0.6) is 5.75 Å². The number of hydrogen-bond acceptors (Lipinski definition) is 1. The van der Waals surface area contributed by atoms with Crippen LogP contribution in [0.15, 0.2) is 24.3 Å². The molecule has 2 atom stereocenters. The van der Waals surface area contributed by atoms with Crippen LogP contribution in [0.2, 0.25) is 0 Å². The van der Waals surface area contributed by atoms with Crippen LogP contribution in [0.4, 0.5) is 0 Å². The van der Waals surface area contributed by atoms with Gasteiger partial charge in [-0.05, 0) is 29.5 Å². The Hall–Kier alpha value is -0.690. The minimum absolute atomic E-state index is 0.179. The molecule has 2 unspecified atom stereocenters. The van der Waals surface area contributed by atoms with Crippen molar-refractivity contribution in [3.63, 3.8) is 0 Å². The van der Waals surface area contributed by atoms with E-state index >= 15 is 0 Å². The summed E-state index contributed by atoms with van der Waals surface area (Å²) >= 11 is 6.34. The van der Waals surface area contributed by atoms with Crippen LogP contribution < -0.4 is 4.74 Å². The number of halogens is 1. The molecule has 0 fully saturated rings. The number of rotatable bonds is 4. The first-order valence-corrected chi connectivity index (χ1v) is 5.78. The molecular weight excluding hydrogens is 208 g/mol. The summed E-state index contributed by atoms with van der Waals surface area (Å²) in [6.45, 7) is 6.47. The summed E-state index contributed by atoms with van der Waals surface area (Å²) in [6, 6.07) is 8.13. The van der Waals surface area contributed by atoms with Crippen molar-refractivity contribution in [2.24, 2.45) is 5.92 Å². The minimum Gasteiger partial charge on any atom is -0.497 e. The Morgan fingerprint density at radius 3 is 2.00 bits per heavy atom. The lowest BCUT2D eigenvalue weighted by Crippen LogP contribution is -2.16. The van der Waals surface area contributed by atoms with Gasteiger partial charge < -0.3 is 4.74 Å². The van der Waals surface area contributed by atoms with Crippen LogP contribution in [0.1, 0.15) is 32.3 Å². The third-order valence-corrected chi connectivity index (χ3v) is 3.64. The predicted octanol–water partition coefficient (Wildman–Crippen LogP) is 4.06. The molecule has 84 valence electrons. The highest BCUT2D eigenvalue weighted by atomic mass is 35.5. The van der Waals surface area contributed by atoms with Gasteiger partial charge in [0.05, 0.1) is 7.11 Å². The summed E-state index contributed by atoms with van der Waals surface area (Å²) in [6.07, 6.45) is 0. The maximum absolute atomic E-state index is 6.34. The predicted molar refractivity (Wildman–Crippen MR) is 65.9 cm³/mol. The fourth-order valence-corrected chi connectivity index (χ4v) is 1.81. The molecule has 15 heavy (non-hydrogen) atoms. The number of hydrogen-bond donors (Lipinski definition) is 0. The fraction of sp³-hybridized carbons (Fsp3) is 0.538. The van der Waals surface area contributed by atoms with Crippen molar-refractivity contribution in [2.75, 3.05) is 7.11 Å². The second-order valence-electron chi connectivity index (χ2n) is 4.25. The Balaban J connectivity index is 2.78. The average molecular weight is 227 g/mol. The molecule has 0 aromatic heterocycles. The van der Waals surface area contributed by atoms with Gasteiger partial charge in [0.25, 0.3) is 0 Å². The first-order chi connectivity index (χ1) is 7.06. The van der Waals surface area contributed by atoms with Gasteiger partial charge in [-0.15, -0.1) is 11.6 Å². The van der Waals surface area contributed by atoms with E-state index in [1.54, 1.807) is 7.11 Å². The molecule has 0 radical (unpaired) electrons. The Kier molecular flexibility index (Phi) is 4.46. The summed E-state index contributed by atoms with van der Waals surface area (Å²) in [5.41, 5.74) is 1.27. The van der Waals surface area contributed by atoms with E-state index < -0.39 is 0 Å². The van der Waals surface area contributed by atoms with Crippen LogP contribution in [0.3, 0.4) is 0 Å². The highest BCUT2D eigenvalue weighted by Gasteiger charge is 2.19. The van der Waals surface area contributed by atoms with Crippen molar-refractivity contribution < 1.29 is 4.74 Å². The lowest BCUT2D eigenvalue weighted by Gasteiger charge is -2.21. The number of ether oxygens (including phenoxy) is 1. The maximum Gasteiger partial charge on any atom is 0.118 e. The molecule has 1 nitrogen and oxygen atoms in total. The highest BCUT2D eigenvalue weighted by Crippen LogP contribution is 2.29. The second-order valence-corrected chi connectivity index (χ2v) is 4.75. The van der Waals surface area contributed by atoms with E-state index in [1.165, 1.54) is 5.56 Å². The summed E-state index contributed by atoms with van der Waals surface area (Å²) < 4.78 is 5.12. The molecule has 0 saturated carbocycles. The van der Waals surface area contributed by atoms with E-state index in [2.05, 4.69) is 32.9 Å². The van der Waals surface area contributed by atoms with E-state index in [0.717, 1.165) is 5.75 Å². The smallest absolute Gasteiger partial charge is 0.118 e. The van der Waals surface area contributed by atoms with E-state index in [-0.39, 0.29) is 5.38 Å². The summed E-state index contributed by atoms with van der Waals surface area (Å²) in [5.74, 6) is 1.75. The largest absolute Gasteiger partial charge is 0.497 e. The molecule has 0 N–H and O–H groups in total. The third-order valence-electron chi connectivity index (χ3n) is 2.76. The molecule has 1 aromatic rings. The van der Waals surface area contributed by atoms with E-state index in [4.69, 9.17) is 16.3 Å². The number of benzene rings is 1. The Labute approximate surface area is 97.4 Å². The van der Waals surface area contributed by atoms with E-state index in [1.807, 2.05) is 12.1 Å². The van der Waals surface area contributed by atoms with Gasteiger partial charge in [0.1, 0.15) is 5.75 Å². The van der Waals surface area contributed by atoms with Gasteiger partial charge in [0.2, 0.25) is 0 Å². The van der Waals surface area contributed by atoms with E-state index in [9.17, 15) is 0 Å². The molecule has 0 amide bonds. The average Bonchev–Trinajstić information content (AvgIpc) is 2.27. The first kappa shape index (κ1) is 12.4. The second kappa shape index (κ2) is 5.41. The van der Waals surface area contributed by atoms with Crippen LogP contribution in [0.25, 0.3) is 0 Å². The molecule has 0 bridgehead atoms. The molecule has 0 aliphatic carbocycles. The molecule has 0 aliphatic heterocycles. The number of alkyl halides is 1. The van der Waals surface area contributed by atoms with Crippen molar-refractivity contribution in [1.29, 1.82) is 0 Å². The van der Waals surface area contributed by atoms with Crippen LogP contribution >= 0.6 is 11.6 Å². The van der Waals surface area contributed by atoms with Crippen molar-refractivity contribution in [3.8, 4) is 5.75 Å². The SMILES string of the molecule is COc1ccc(C(C)C(Cl)C(C)C)cc1. The van der Waals surface area contributed by atoms with Crippen molar-refractivity contribution in [1.82, 2.24) is 0 Å². The Morgan fingerprint density at radius 1 is 1.07 bits per heavy atom. The molecular formula is C13H19ClO. The van der Waals surface area contributed by atoms with Crippen LogP contribution in [-0.4, -0.2) is 12.5 Å². The zero-order valence-corrected chi connectivity index (χ0v) is 10.6. The molecule has 0 spiro atoms. The zero-order chi connectivity index (χ0) is 11.4. The maximum atomic E-state index is 6.34. The fourth-order valence-electron chi connectivity index (χ4n) is 1.67. The normalized spacial score (nSPS) is 15.1. The molecule has 1 aromatic carbocycles. The topological polar surface area (TPSA) is 9.23 Å². The van der Waals surface area contributed by atoms with Crippen molar-refractivity contribution in [3.05, 3.63) is 29.8 Å². The van der Waals surface area contributed by atoms with Crippen molar-refractivity contribution >= 4 is 11.6 Å².